The van der Waals surface area contributed by atoms with E-state index in [0.717, 1.165) is 30.4 Å². The molecule has 0 spiro atoms. The van der Waals surface area contributed by atoms with E-state index in [9.17, 15) is 9.90 Å². The lowest BCUT2D eigenvalue weighted by Crippen LogP contribution is -2.64. The fourth-order valence-electron chi connectivity index (χ4n) is 4.39. The number of para-hydroxylation sites is 4. The van der Waals surface area contributed by atoms with Crippen LogP contribution >= 0.6 is 0 Å². The molecule has 2 aliphatic rings. The lowest BCUT2D eigenvalue weighted by molar-refractivity contribution is -0.158. The molecule has 31 heavy (non-hydrogen) atoms. The summed E-state index contributed by atoms with van der Waals surface area (Å²) in [6, 6.07) is 15.3. The molecule has 2 unspecified atom stereocenters. The van der Waals surface area contributed by atoms with Crippen LogP contribution in [0, 0.1) is 0 Å². The number of nitrogens with zero attached hydrogens (tertiary/aromatic N) is 4. The Morgan fingerprint density at radius 3 is 2.58 bits per heavy atom. The van der Waals surface area contributed by atoms with Gasteiger partial charge >= 0.3 is 0 Å². The third-order valence-corrected chi connectivity index (χ3v) is 6.07. The first kappa shape index (κ1) is 20.0. The molecule has 3 heterocycles. The summed E-state index contributed by atoms with van der Waals surface area (Å²) in [5.74, 6) is 1.25. The fourth-order valence-corrected chi connectivity index (χ4v) is 4.39. The van der Waals surface area contributed by atoms with Gasteiger partial charge in [0.05, 0.1) is 30.0 Å². The van der Waals surface area contributed by atoms with Gasteiger partial charge in [-0.15, -0.1) is 0 Å². The van der Waals surface area contributed by atoms with Gasteiger partial charge in [0.25, 0.3) is 5.72 Å². The standard InChI is InChI=1S/C23H26N4O4/c28-15-23(16-30-21-7-3-4-8-22(21)31-23)27-11-9-25(10-12-27)13-18(29)14-26-17-24-19-5-1-2-6-20(19)26/h1-8,15,17-18,29H,9-14,16H2. The molecule has 8 heteroatoms. The number of rotatable bonds is 6. The van der Waals surface area contributed by atoms with Crippen LogP contribution in [0.3, 0.4) is 0 Å². The highest BCUT2D eigenvalue weighted by molar-refractivity contribution is 5.74. The van der Waals surface area contributed by atoms with Gasteiger partial charge in [0.1, 0.15) is 6.61 Å². The summed E-state index contributed by atoms with van der Waals surface area (Å²) in [5, 5.41) is 10.6. The Kier molecular flexibility index (Phi) is 5.35. The van der Waals surface area contributed by atoms with Crippen LogP contribution in [0.4, 0.5) is 0 Å². The molecular weight excluding hydrogens is 396 g/mol. The van der Waals surface area contributed by atoms with Crippen molar-refractivity contribution in [3.8, 4) is 11.5 Å². The van der Waals surface area contributed by atoms with Crippen molar-refractivity contribution in [3.05, 3.63) is 54.9 Å². The first-order valence-corrected chi connectivity index (χ1v) is 10.6. The molecule has 0 saturated carbocycles. The minimum absolute atomic E-state index is 0.170. The van der Waals surface area contributed by atoms with Gasteiger partial charge in [-0.1, -0.05) is 24.3 Å². The largest absolute Gasteiger partial charge is 0.483 e. The molecular formula is C23H26N4O4. The molecule has 0 aliphatic carbocycles. The van der Waals surface area contributed by atoms with E-state index in [1.807, 2.05) is 58.0 Å². The van der Waals surface area contributed by atoms with Crippen molar-refractivity contribution in [2.45, 2.75) is 18.4 Å². The molecule has 8 nitrogen and oxygen atoms in total. The smallest absolute Gasteiger partial charge is 0.253 e. The molecule has 0 amide bonds. The third-order valence-electron chi connectivity index (χ3n) is 6.07. The van der Waals surface area contributed by atoms with Crippen molar-refractivity contribution in [1.82, 2.24) is 19.4 Å². The number of piperazine rings is 1. The molecule has 1 fully saturated rings. The lowest BCUT2D eigenvalue weighted by atomic mass is 10.1. The maximum absolute atomic E-state index is 12.0. The van der Waals surface area contributed by atoms with Crippen LogP contribution < -0.4 is 9.47 Å². The Labute approximate surface area is 180 Å². The second-order valence-electron chi connectivity index (χ2n) is 8.13. The number of hydrogen-bond donors (Lipinski definition) is 1. The Hall–Kier alpha value is -2.94. The highest BCUT2D eigenvalue weighted by Gasteiger charge is 2.44. The molecule has 2 aromatic carbocycles. The zero-order valence-electron chi connectivity index (χ0n) is 17.3. The van der Waals surface area contributed by atoms with Gasteiger partial charge in [0, 0.05) is 32.7 Å². The quantitative estimate of drug-likeness (QED) is 0.601. The maximum Gasteiger partial charge on any atom is 0.253 e. The summed E-state index contributed by atoms with van der Waals surface area (Å²) < 4.78 is 13.9. The van der Waals surface area contributed by atoms with Crippen molar-refractivity contribution in [3.63, 3.8) is 0 Å². The van der Waals surface area contributed by atoms with Gasteiger partial charge in [-0.3, -0.25) is 14.6 Å². The Morgan fingerprint density at radius 1 is 1.03 bits per heavy atom. The number of β-amino-alcohol motifs (C(OH)–C–C–N with tert-alkyl or cyclic N) is 1. The third kappa shape index (κ3) is 3.89. The molecule has 3 aromatic rings. The maximum atomic E-state index is 12.0. The normalized spacial score (nSPS) is 23.0. The van der Waals surface area contributed by atoms with E-state index in [4.69, 9.17) is 9.47 Å². The zero-order valence-corrected chi connectivity index (χ0v) is 17.3. The van der Waals surface area contributed by atoms with E-state index in [-0.39, 0.29) is 6.61 Å². The minimum Gasteiger partial charge on any atom is -0.483 e. The fraction of sp³-hybridized carbons (Fsp3) is 0.391. The van der Waals surface area contributed by atoms with Crippen LogP contribution in [0.2, 0.25) is 0 Å². The molecule has 2 aliphatic heterocycles. The molecule has 1 saturated heterocycles. The van der Waals surface area contributed by atoms with E-state index in [1.54, 1.807) is 6.33 Å². The average molecular weight is 422 g/mol. The number of benzene rings is 2. The Bertz CT molecular complexity index is 1060. The molecule has 162 valence electrons. The number of carbonyl (C=O) groups excluding carboxylic acids is 1. The summed E-state index contributed by atoms with van der Waals surface area (Å²) in [5.41, 5.74) is 0.849. The van der Waals surface area contributed by atoms with Crippen LogP contribution in [0.25, 0.3) is 11.0 Å². The van der Waals surface area contributed by atoms with Crippen molar-refractivity contribution in [1.29, 1.82) is 0 Å². The topological polar surface area (TPSA) is 80.1 Å². The number of aromatic nitrogens is 2. The van der Waals surface area contributed by atoms with Crippen LogP contribution in [0.15, 0.2) is 54.9 Å². The predicted molar refractivity (Wildman–Crippen MR) is 115 cm³/mol. The van der Waals surface area contributed by atoms with Crippen LogP contribution in [0.5, 0.6) is 11.5 Å². The summed E-state index contributed by atoms with van der Waals surface area (Å²) in [6.45, 7) is 4.02. The number of aldehydes is 1. The summed E-state index contributed by atoms with van der Waals surface area (Å²) >= 11 is 0. The van der Waals surface area contributed by atoms with Crippen LogP contribution in [0.1, 0.15) is 0 Å². The van der Waals surface area contributed by atoms with Crippen LogP contribution in [-0.2, 0) is 11.3 Å². The highest BCUT2D eigenvalue weighted by atomic mass is 16.6. The number of aliphatic hydroxyl groups excluding tert-OH is 1. The van der Waals surface area contributed by atoms with Gasteiger partial charge in [-0.05, 0) is 24.3 Å². The number of carbonyl (C=O) groups is 1. The van der Waals surface area contributed by atoms with Crippen molar-refractivity contribution in [2.75, 3.05) is 39.3 Å². The van der Waals surface area contributed by atoms with Gasteiger partial charge in [0.2, 0.25) is 0 Å². The van der Waals surface area contributed by atoms with Gasteiger partial charge in [-0.25, -0.2) is 4.98 Å². The van der Waals surface area contributed by atoms with Crippen molar-refractivity contribution in [2.24, 2.45) is 0 Å². The lowest BCUT2D eigenvalue weighted by Gasteiger charge is -2.45. The summed E-state index contributed by atoms with van der Waals surface area (Å²) in [4.78, 5) is 20.7. The van der Waals surface area contributed by atoms with Gasteiger partial charge in [-0.2, -0.15) is 0 Å². The summed E-state index contributed by atoms with van der Waals surface area (Å²) in [7, 11) is 0. The first-order chi connectivity index (χ1) is 15.2. The van der Waals surface area contributed by atoms with Gasteiger partial charge in [0.15, 0.2) is 17.8 Å². The van der Waals surface area contributed by atoms with E-state index in [1.165, 1.54) is 0 Å². The van der Waals surface area contributed by atoms with E-state index in [0.29, 0.717) is 37.7 Å². The summed E-state index contributed by atoms with van der Waals surface area (Å²) in [6.07, 6.45) is 2.11. The number of ether oxygens (including phenoxy) is 2. The number of hydrogen-bond acceptors (Lipinski definition) is 7. The minimum atomic E-state index is -1.10. The predicted octanol–water partition coefficient (Wildman–Crippen LogP) is 1.38. The Balaban J connectivity index is 1.18. The molecule has 1 aromatic heterocycles. The number of fused-ring (bicyclic) bond motifs is 2. The Morgan fingerprint density at radius 2 is 1.77 bits per heavy atom. The molecule has 5 rings (SSSR count). The second-order valence-corrected chi connectivity index (χ2v) is 8.13. The zero-order chi connectivity index (χ0) is 21.3. The average Bonchev–Trinajstić information content (AvgIpc) is 3.22. The second kappa shape index (κ2) is 8.30. The van der Waals surface area contributed by atoms with E-state index >= 15 is 0 Å². The highest BCUT2D eigenvalue weighted by Crippen LogP contribution is 2.35. The van der Waals surface area contributed by atoms with Crippen molar-refractivity contribution >= 4 is 17.3 Å². The van der Waals surface area contributed by atoms with Crippen molar-refractivity contribution < 1.29 is 19.4 Å². The molecule has 0 radical (unpaired) electrons. The van der Waals surface area contributed by atoms with Crippen LogP contribution in [-0.4, -0.2) is 81.9 Å². The van der Waals surface area contributed by atoms with E-state index in [2.05, 4.69) is 9.88 Å². The molecule has 0 bridgehead atoms. The molecule has 1 N–H and O–H groups in total. The molecule has 2 atom stereocenters. The monoisotopic (exact) mass is 422 g/mol. The van der Waals surface area contributed by atoms with E-state index < -0.39 is 11.8 Å². The number of aliphatic hydroxyl groups is 1. The first-order valence-electron chi connectivity index (χ1n) is 10.6. The SMILES string of the molecule is O=CC1(N2CCN(CC(O)Cn3cnc4ccccc43)CC2)COc2ccccc2O1. The number of imidazole rings is 1. The van der Waals surface area contributed by atoms with Gasteiger partial charge < -0.3 is 19.1 Å².